The average Bonchev–Trinajstić information content (AvgIpc) is 3.65. The Morgan fingerprint density at radius 1 is 0.150 bits per heavy atom. The number of benzene rings is 14. The molecule has 0 aromatic heterocycles. The molecule has 2 nitrogen and oxygen atoms in total. The number of fused-ring (bicyclic) bond motifs is 6. The van der Waals surface area contributed by atoms with E-state index in [1.54, 1.807) is 0 Å². The van der Waals surface area contributed by atoms with Gasteiger partial charge < -0.3 is 9.80 Å². The zero-order valence-corrected chi connectivity index (χ0v) is 44.1. The highest BCUT2D eigenvalue weighted by Gasteiger charge is 2.26. The third kappa shape index (κ3) is 9.15. The summed E-state index contributed by atoms with van der Waals surface area (Å²) in [6.45, 7) is 0. The van der Waals surface area contributed by atoms with E-state index in [-0.39, 0.29) is 0 Å². The molecular weight excluding hydrogens is 965 g/mol. The van der Waals surface area contributed by atoms with Gasteiger partial charge >= 0.3 is 0 Å². The second kappa shape index (κ2) is 21.1. The molecule has 0 spiro atoms. The summed E-state index contributed by atoms with van der Waals surface area (Å²) in [5, 5.41) is 7.45. The number of anilines is 6. The molecule has 0 heterocycles. The molecule has 0 aliphatic carbocycles. The lowest BCUT2D eigenvalue weighted by atomic mass is 9.89. The predicted molar refractivity (Wildman–Crippen MR) is 341 cm³/mol. The Kier molecular flexibility index (Phi) is 12.6. The number of nitrogens with zero attached hydrogens (tertiary/aromatic N) is 2. The summed E-state index contributed by atoms with van der Waals surface area (Å²) in [7, 11) is 0. The molecule has 80 heavy (non-hydrogen) atoms. The number of rotatable bonds is 12. The van der Waals surface area contributed by atoms with Crippen LogP contribution in [0.1, 0.15) is 0 Å². The molecule has 0 saturated heterocycles. The van der Waals surface area contributed by atoms with Crippen LogP contribution in [0, 0.1) is 0 Å². The first kappa shape index (κ1) is 47.9. The molecule has 0 radical (unpaired) electrons. The molecule has 2 heteroatoms. The minimum absolute atomic E-state index is 1.04. The van der Waals surface area contributed by atoms with Crippen LogP contribution >= 0.6 is 0 Å². The average molecular weight is 1020 g/mol. The third-order valence-electron chi connectivity index (χ3n) is 15.7. The van der Waals surface area contributed by atoms with E-state index < -0.39 is 0 Å². The van der Waals surface area contributed by atoms with Crippen LogP contribution in [0.5, 0.6) is 0 Å². The van der Waals surface area contributed by atoms with E-state index in [4.69, 9.17) is 0 Å². The molecule has 0 saturated carbocycles. The van der Waals surface area contributed by atoms with Crippen molar-refractivity contribution in [2.45, 2.75) is 0 Å². The summed E-state index contributed by atoms with van der Waals surface area (Å²) in [4.78, 5) is 4.92. The fraction of sp³-hybridized carbons (Fsp3) is 0. The lowest BCUT2D eigenvalue weighted by Crippen LogP contribution is -2.15. The fourth-order valence-corrected chi connectivity index (χ4v) is 11.7. The van der Waals surface area contributed by atoms with Crippen LogP contribution in [-0.2, 0) is 0 Å². The van der Waals surface area contributed by atoms with Gasteiger partial charge in [-0.05, 0) is 155 Å². The van der Waals surface area contributed by atoms with Crippen molar-refractivity contribution in [1.82, 2.24) is 0 Å². The standard InChI is InChI=1S/C78H54N2/c1-6-20-55(21-7-1)59-34-43-65(44-35-59)79(66-45-36-60(37-46-66)56-22-8-2-9-23-56)77-54-78(80(67-47-38-61(39-48-67)57-24-10-3-11-25-57)68-49-40-62(41-50-68)58-26-12-4-13-27-58)75(53-74(77)63-28-14-5-15-29-63)64-42-51-73-71-32-17-16-30-69(71)70-31-18-19-33-72(70)76(73)52-64/h1-54H. The van der Waals surface area contributed by atoms with Gasteiger partial charge in [0, 0.05) is 33.9 Å². The molecule has 0 bridgehead atoms. The van der Waals surface area contributed by atoms with Gasteiger partial charge in [0.1, 0.15) is 0 Å². The van der Waals surface area contributed by atoms with E-state index >= 15 is 0 Å². The van der Waals surface area contributed by atoms with Crippen LogP contribution in [0.15, 0.2) is 328 Å². The summed E-state index contributed by atoms with van der Waals surface area (Å²) in [5.41, 5.74) is 20.0. The predicted octanol–water partition coefficient (Wildman–Crippen LogP) is 22.1. The summed E-state index contributed by atoms with van der Waals surface area (Å²) in [6.07, 6.45) is 0. The zero-order valence-electron chi connectivity index (χ0n) is 44.1. The van der Waals surface area contributed by atoms with Gasteiger partial charge in [0.25, 0.3) is 0 Å². The van der Waals surface area contributed by atoms with Crippen LogP contribution in [0.3, 0.4) is 0 Å². The highest BCUT2D eigenvalue weighted by atomic mass is 15.2. The highest BCUT2D eigenvalue weighted by molar-refractivity contribution is 6.26. The summed E-state index contributed by atoms with van der Waals surface area (Å²) in [6, 6.07) is 120. The van der Waals surface area contributed by atoms with E-state index in [9.17, 15) is 0 Å². The lowest BCUT2D eigenvalue weighted by molar-refractivity contribution is 1.25. The van der Waals surface area contributed by atoms with Crippen molar-refractivity contribution < 1.29 is 0 Å². The third-order valence-corrected chi connectivity index (χ3v) is 15.7. The Labute approximate surface area is 468 Å². The van der Waals surface area contributed by atoms with Gasteiger partial charge in [-0.3, -0.25) is 0 Å². The maximum Gasteiger partial charge on any atom is 0.0561 e. The van der Waals surface area contributed by atoms with Crippen LogP contribution in [0.4, 0.5) is 34.1 Å². The summed E-state index contributed by atoms with van der Waals surface area (Å²) < 4.78 is 0. The first-order valence-corrected chi connectivity index (χ1v) is 27.5. The van der Waals surface area contributed by atoms with E-state index in [2.05, 4.69) is 337 Å². The van der Waals surface area contributed by atoms with Crippen LogP contribution in [-0.4, -0.2) is 0 Å². The number of hydrogen-bond donors (Lipinski definition) is 0. The lowest BCUT2D eigenvalue weighted by Gasteiger charge is -2.33. The van der Waals surface area contributed by atoms with Crippen molar-refractivity contribution in [2.75, 3.05) is 9.80 Å². The van der Waals surface area contributed by atoms with Gasteiger partial charge in [-0.1, -0.05) is 261 Å². The molecule has 14 aromatic rings. The van der Waals surface area contributed by atoms with Gasteiger partial charge in [-0.2, -0.15) is 0 Å². The summed E-state index contributed by atoms with van der Waals surface area (Å²) >= 11 is 0. The van der Waals surface area contributed by atoms with Crippen molar-refractivity contribution in [2.24, 2.45) is 0 Å². The van der Waals surface area contributed by atoms with E-state index in [0.29, 0.717) is 0 Å². The van der Waals surface area contributed by atoms with Crippen molar-refractivity contribution in [3.05, 3.63) is 328 Å². The Morgan fingerprint density at radius 3 is 0.713 bits per heavy atom. The largest absolute Gasteiger partial charge is 0.310 e. The maximum atomic E-state index is 2.47. The molecule has 0 N–H and O–H groups in total. The Balaban J connectivity index is 1.07. The zero-order chi connectivity index (χ0) is 53.2. The maximum absolute atomic E-state index is 2.47. The number of hydrogen-bond acceptors (Lipinski definition) is 2. The summed E-state index contributed by atoms with van der Waals surface area (Å²) in [5.74, 6) is 0. The van der Waals surface area contributed by atoms with E-state index in [0.717, 1.165) is 78.6 Å². The smallest absolute Gasteiger partial charge is 0.0561 e. The molecule has 376 valence electrons. The minimum Gasteiger partial charge on any atom is -0.310 e. The Morgan fingerprint density at radius 2 is 0.388 bits per heavy atom. The molecule has 14 rings (SSSR count). The van der Waals surface area contributed by atoms with Crippen molar-refractivity contribution >= 4 is 66.4 Å². The fourth-order valence-electron chi connectivity index (χ4n) is 11.7. The molecule has 0 unspecified atom stereocenters. The monoisotopic (exact) mass is 1020 g/mol. The van der Waals surface area contributed by atoms with Crippen LogP contribution in [0.25, 0.3) is 99.1 Å². The second-order valence-electron chi connectivity index (χ2n) is 20.4. The van der Waals surface area contributed by atoms with Crippen molar-refractivity contribution in [3.8, 4) is 66.8 Å². The van der Waals surface area contributed by atoms with Gasteiger partial charge in [-0.25, -0.2) is 0 Å². The molecular formula is C78H54N2. The highest BCUT2D eigenvalue weighted by Crippen LogP contribution is 2.51. The van der Waals surface area contributed by atoms with Gasteiger partial charge in [0.2, 0.25) is 0 Å². The van der Waals surface area contributed by atoms with Crippen molar-refractivity contribution in [3.63, 3.8) is 0 Å². The Hall–Kier alpha value is -10.5. The van der Waals surface area contributed by atoms with Crippen molar-refractivity contribution in [1.29, 1.82) is 0 Å². The second-order valence-corrected chi connectivity index (χ2v) is 20.4. The quantitative estimate of drug-likeness (QED) is 0.113. The van der Waals surface area contributed by atoms with Gasteiger partial charge in [0.05, 0.1) is 11.4 Å². The Bertz CT molecular complexity index is 4250. The molecule has 0 aliphatic rings. The van der Waals surface area contributed by atoms with Crippen LogP contribution < -0.4 is 9.80 Å². The molecule has 0 atom stereocenters. The molecule has 0 aliphatic heterocycles. The topological polar surface area (TPSA) is 6.48 Å². The first-order valence-electron chi connectivity index (χ1n) is 27.5. The van der Waals surface area contributed by atoms with E-state index in [1.165, 1.54) is 54.6 Å². The van der Waals surface area contributed by atoms with Gasteiger partial charge in [-0.15, -0.1) is 0 Å². The SMILES string of the molecule is c1ccc(-c2ccc(N(c3ccc(-c4ccccc4)cc3)c3cc(N(c4ccc(-c5ccccc5)cc4)c4ccc(-c5ccccc5)cc4)c(-c4ccc5c6ccccc6c6ccccc6c5c4)cc3-c3ccccc3)cc2)cc1. The first-order chi connectivity index (χ1) is 39.7. The van der Waals surface area contributed by atoms with Gasteiger partial charge in [0.15, 0.2) is 0 Å². The normalized spacial score (nSPS) is 11.2. The molecule has 0 fully saturated rings. The van der Waals surface area contributed by atoms with Crippen LogP contribution in [0.2, 0.25) is 0 Å². The molecule has 0 amide bonds. The van der Waals surface area contributed by atoms with E-state index in [1.807, 2.05) is 0 Å². The minimum atomic E-state index is 1.04. The molecule has 14 aromatic carbocycles.